The molecule has 39 heavy (non-hydrogen) atoms. The van der Waals surface area contributed by atoms with Gasteiger partial charge in [0.05, 0.1) is 13.2 Å². The lowest BCUT2D eigenvalue weighted by molar-refractivity contribution is -0.171. The van der Waals surface area contributed by atoms with Gasteiger partial charge < -0.3 is 14.0 Å². The molecular formula is C34H31ClN2O2. The van der Waals surface area contributed by atoms with Gasteiger partial charge in [0, 0.05) is 35.8 Å². The Bertz CT molecular complexity index is 1380. The Hall–Kier alpha value is -3.70. The summed E-state index contributed by atoms with van der Waals surface area (Å²) in [7, 11) is 0. The van der Waals surface area contributed by atoms with E-state index in [4.69, 9.17) is 26.1 Å². The van der Waals surface area contributed by atoms with Crippen LogP contribution in [0.15, 0.2) is 128 Å². The molecule has 196 valence electrons. The SMILES string of the molecule is Clc1ccc(C2(CCCc3nccn3C(c3ccccc3)(c3ccccc3)c3ccccc3)OCCO2)cc1. The number of rotatable bonds is 9. The van der Waals surface area contributed by atoms with Gasteiger partial charge >= 0.3 is 0 Å². The molecule has 1 aliphatic heterocycles. The zero-order valence-corrected chi connectivity index (χ0v) is 22.5. The normalized spacial score (nSPS) is 14.9. The van der Waals surface area contributed by atoms with E-state index in [9.17, 15) is 0 Å². The van der Waals surface area contributed by atoms with Gasteiger partial charge in [0.25, 0.3) is 0 Å². The molecule has 5 aromatic rings. The number of nitrogens with zero attached hydrogens (tertiary/aromatic N) is 2. The summed E-state index contributed by atoms with van der Waals surface area (Å²) in [6.45, 7) is 1.16. The topological polar surface area (TPSA) is 36.3 Å². The summed E-state index contributed by atoms with van der Waals surface area (Å²) in [5.74, 6) is 0.257. The third-order valence-corrected chi connectivity index (χ3v) is 7.85. The third kappa shape index (κ3) is 4.80. The Morgan fingerprint density at radius 2 is 1.23 bits per heavy atom. The Morgan fingerprint density at radius 3 is 1.74 bits per heavy atom. The highest BCUT2D eigenvalue weighted by atomic mass is 35.5. The van der Waals surface area contributed by atoms with E-state index in [2.05, 4.69) is 102 Å². The number of benzene rings is 4. The van der Waals surface area contributed by atoms with Gasteiger partial charge in [-0.05, 0) is 35.2 Å². The van der Waals surface area contributed by atoms with Crippen LogP contribution in [0.3, 0.4) is 0 Å². The smallest absolute Gasteiger partial charge is 0.194 e. The van der Waals surface area contributed by atoms with Gasteiger partial charge in [0.15, 0.2) is 5.79 Å². The van der Waals surface area contributed by atoms with Crippen molar-refractivity contribution >= 4 is 11.6 Å². The van der Waals surface area contributed by atoms with Crippen LogP contribution in [-0.2, 0) is 27.2 Å². The van der Waals surface area contributed by atoms with Gasteiger partial charge in [-0.3, -0.25) is 0 Å². The van der Waals surface area contributed by atoms with E-state index in [1.165, 1.54) is 16.7 Å². The van der Waals surface area contributed by atoms with Crippen molar-refractivity contribution < 1.29 is 9.47 Å². The van der Waals surface area contributed by atoms with Gasteiger partial charge in [0.2, 0.25) is 0 Å². The van der Waals surface area contributed by atoms with Crippen LogP contribution < -0.4 is 0 Å². The molecule has 0 N–H and O–H groups in total. The van der Waals surface area contributed by atoms with Gasteiger partial charge in [-0.1, -0.05) is 115 Å². The lowest BCUT2D eigenvalue weighted by Gasteiger charge is -2.38. The largest absolute Gasteiger partial charge is 0.343 e. The van der Waals surface area contributed by atoms with E-state index in [0.717, 1.165) is 30.7 Å². The molecule has 1 saturated heterocycles. The highest BCUT2D eigenvalue weighted by Gasteiger charge is 2.41. The lowest BCUT2D eigenvalue weighted by atomic mass is 9.76. The standard InChI is InChI=1S/C34H31ClN2O2/c35-31-20-18-27(19-21-31)33(38-25-26-39-33)22-10-17-32-36-23-24-37(32)34(28-11-4-1-5-12-28,29-13-6-2-7-14-29)30-15-8-3-9-16-30/h1-9,11-16,18-21,23-24H,10,17,22,25-26H2. The molecule has 0 bridgehead atoms. The maximum Gasteiger partial charge on any atom is 0.194 e. The average molecular weight is 535 g/mol. The summed E-state index contributed by atoms with van der Waals surface area (Å²) in [6.07, 6.45) is 6.35. The summed E-state index contributed by atoms with van der Waals surface area (Å²) in [4.78, 5) is 4.89. The zero-order chi connectivity index (χ0) is 26.5. The minimum Gasteiger partial charge on any atom is -0.343 e. The molecule has 5 heteroatoms. The van der Waals surface area contributed by atoms with E-state index in [0.29, 0.717) is 18.2 Å². The molecule has 0 saturated carbocycles. The monoisotopic (exact) mass is 534 g/mol. The number of imidazole rings is 1. The number of aryl methyl sites for hydroxylation is 1. The van der Waals surface area contributed by atoms with Gasteiger partial charge in [-0.2, -0.15) is 0 Å². The molecule has 0 aliphatic carbocycles. The fourth-order valence-electron chi connectivity index (χ4n) is 5.87. The van der Waals surface area contributed by atoms with Crippen molar-refractivity contribution in [2.75, 3.05) is 13.2 Å². The van der Waals surface area contributed by atoms with E-state index >= 15 is 0 Å². The lowest BCUT2D eigenvalue weighted by Crippen LogP contribution is -2.38. The van der Waals surface area contributed by atoms with E-state index in [-0.39, 0.29) is 0 Å². The van der Waals surface area contributed by atoms with Crippen molar-refractivity contribution in [3.05, 3.63) is 161 Å². The van der Waals surface area contributed by atoms with Crippen LogP contribution in [0.1, 0.15) is 40.9 Å². The van der Waals surface area contributed by atoms with Crippen LogP contribution in [0.2, 0.25) is 5.02 Å². The number of aromatic nitrogens is 2. The quantitative estimate of drug-likeness (QED) is 0.183. The van der Waals surface area contributed by atoms with Crippen LogP contribution in [0.4, 0.5) is 0 Å². The predicted molar refractivity (Wildman–Crippen MR) is 155 cm³/mol. The van der Waals surface area contributed by atoms with E-state index in [1.54, 1.807) is 0 Å². The third-order valence-electron chi connectivity index (χ3n) is 7.60. The Morgan fingerprint density at radius 1 is 0.718 bits per heavy atom. The summed E-state index contributed by atoms with van der Waals surface area (Å²) in [5.41, 5.74) is 3.97. The molecule has 2 heterocycles. The zero-order valence-electron chi connectivity index (χ0n) is 21.7. The summed E-state index contributed by atoms with van der Waals surface area (Å²) >= 11 is 6.15. The van der Waals surface area contributed by atoms with Crippen molar-refractivity contribution in [1.29, 1.82) is 0 Å². The molecule has 0 radical (unpaired) electrons. The number of ether oxygens (including phenoxy) is 2. The first kappa shape index (κ1) is 25.6. The predicted octanol–water partition coefficient (Wildman–Crippen LogP) is 7.60. The molecule has 1 fully saturated rings. The van der Waals surface area contributed by atoms with Crippen molar-refractivity contribution in [2.24, 2.45) is 0 Å². The Balaban J connectivity index is 1.40. The van der Waals surface area contributed by atoms with Crippen molar-refractivity contribution in [3.8, 4) is 0 Å². The maximum absolute atomic E-state index is 6.20. The second kappa shape index (κ2) is 11.2. The number of halogens is 1. The summed E-state index contributed by atoms with van der Waals surface area (Å²) < 4.78 is 14.7. The van der Waals surface area contributed by atoms with Crippen molar-refractivity contribution in [1.82, 2.24) is 9.55 Å². The van der Waals surface area contributed by atoms with Crippen molar-refractivity contribution in [3.63, 3.8) is 0 Å². The summed E-state index contributed by atoms with van der Waals surface area (Å²) in [5, 5.41) is 0.702. The first-order valence-electron chi connectivity index (χ1n) is 13.5. The Labute approximate surface area is 234 Å². The van der Waals surface area contributed by atoms with Crippen LogP contribution in [0.25, 0.3) is 0 Å². The van der Waals surface area contributed by atoms with Crippen LogP contribution in [0, 0.1) is 0 Å². The van der Waals surface area contributed by atoms with Crippen molar-refractivity contribution in [2.45, 2.75) is 30.6 Å². The fraction of sp³-hybridized carbons (Fsp3) is 0.206. The molecule has 6 rings (SSSR count). The van der Waals surface area contributed by atoms with Crippen LogP contribution >= 0.6 is 11.6 Å². The molecule has 4 nitrogen and oxygen atoms in total. The summed E-state index contributed by atoms with van der Waals surface area (Å²) in [6, 6.07) is 39.9. The molecule has 1 aliphatic rings. The van der Waals surface area contributed by atoms with Gasteiger partial charge in [0.1, 0.15) is 11.4 Å². The highest BCUT2D eigenvalue weighted by molar-refractivity contribution is 6.30. The number of hydrogen-bond acceptors (Lipinski definition) is 3. The average Bonchev–Trinajstić information content (AvgIpc) is 3.67. The highest BCUT2D eigenvalue weighted by Crippen LogP contribution is 2.42. The Kier molecular flexibility index (Phi) is 7.34. The first-order valence-corrected chi connectivity index (χ1v) is 13.8. The second-order valence-corrected chi connectivity index (χ2v) is 10.3. The second-order valence-electron chi connectivity index (χ2n) is 9.83. The molecule has 0 amide bonds. The molecule has 0 atom stereocenters. The minimum atomic E-state index is -0.753. The van der Waals surface area contributed by atoms with Gasteiger partial charge in [-0.25, -0.2) is 4.98 Å². The fourth-order valence-corrected chi connectivity index (χ4v) is 6.00. The van der Waals surface area contributed by atoms with Crippen LogP contribution in [-0.4, -0.2) is 22.8 Å². The molecule has 0 spiro atoms. The van der Waals surface area contributed by atoms with Gasteiger partial charge in [-0.15, -0.1) is 0 Å². The molecule has 0 unspecified atom stereocenters. The molecule has 1 aromatic heterocycles. The van der Waals surface area contributed by atoms with E-state index < -0.39 is 11.3 Å². The first-order chi connectivity index (χ1) is 19.2. The molecular weight excluding hydrogens is 504 g/mol. The molecule has 4 aromatic carbocycles. The van der Waals surface area contributed by atoms with Crippen LogP contribution in [0.5, 0.6) is 0 Å². The maximum atomic E-state index is 6.20. The number of hydrogen-bond donors (Lipinski definition) is 0. The van der Waals surface area contributed by atoms with E-state index in [1.807, 2.05) is 30.5 Å². The minimum absolute atomic E-state index is 0.580.